The van der Waals surface area contributed by atoms with Gasteiger partial charge in [-0.1, -0.05) is 51.9 Å². The quantitative estimate of drug-likeness (QED) is 0.0589. The number of alkyl halides is 29. The average molecular weight is 920 g/mol. The lowest BCUT2D eigenvalue weighted by Crippen LogP contribution is -2.79. The lowest BCUT2D eigenvalue weighted by molar-refractivity contribution is -0.487. The highest BCUT2D eigenvalue weighted by Crippen LogP contribution is 2.69. The first-order valence-corrected chi connectivity index (χ1v) is 15.3. The second-order valence-corrected chi connectivity index (χ2v) is 13.2. The second kappa shape index (κ2) is 16.1. The molecule has 0 aromatic carbocycles. The van der Waals surface area contributed by atoms with E-state index in [1.807, 2.05) is 0 Å². The monoisotopic (exact) mass is 920 g/mol. The van der Waals surface area contributed by atoms with Crippen LogP contribution in [-0.4, -0.2) is 88.4 Å². The molecule has 0 fully saturated rings. The Kier molecular flexibility index (Phi) is 15.6. The lowest BCUT2D eigenvalue weighted by atomic mass is 9.83. The minimum absolute atomic E-state index is 0.0325. The summed E-state index contributed by atoms with van der Waals surface area (Å²) in [5.74, 6) is -120. The molecular weight excluding hydrogens is 895 g/mol. The summed E-state index contributed by atoms with van der Waals surface area (Å²) in [5, 5.41) is 0.0325. The van der Waals surface area contributed by atoms with Crippen molar-refractivity contribution >= 4 is 12.6 Å². The van der Waals surface area contributed by atoms with Crippen LogP contribution in [0.3, 0.4) is 0 Å². The molecule has 0 aliphatic carbocycles. The fourth-order valence-corrected chi connectivity index (χ4v) is 4.57. The van der Waals surface area contributed by atoms with E-state index in [0.29, 0.717) is 32.1 Å². The SMILES string of the molecule is CC(S)CCCCCCCCCCC(F)(F)C(F)(F)C(F)(F)C(F)(F)C(F)(F)C(F)(F)C(F)(F)C(F)(F)C(F)(F)C(F)(F)C(F)(F)C(F)(F)C(F)(F)C(F)(F)F. The van der Waals surface area contributed by atoms with Gasteiger partial charge in [0.25, 0.3) is 0 Å². The van der Waals surface area contributed by atoms with Crippen LogP contribution in [0.25, 0.3) is 0 Å². The van der Waals surface area contributed by atoms with Gasteiger partial charge in [0, 0.05) is 6.42 Å². The van der Waals surface area contributed by atoms with Gasteiger partial charge in [0.2, 0.25) is 0 Å². The molecule has 0 spiro atoms. The summed E-state index contributed by atoms with van der Waals surface area (Å²) in [7, 11) is 0. The molecule has 0 saturated carbocycles. The van der Waals surface area contributed by atoms with Crippen LogP contribution in [0.5, 0.6) is 0 Å². The van der Waals surface area contributed by atoms with Crippen molar-refractivity contribution in [2.75, 3.05) is 0 Å². The molecule has 0 amide bonds. The Bertz CT molecular complexity index is 1280. The number of hydrogen-bond acceptors (Lipinski definition) is 1. The molecule has 0 aromatic rings. The smallest absolute Gasteiger partial charge is 0.200 e. The van der Waals surface area contributed by atoms with Crippen molar-refractivity contribution in [2.24, 2.45) is 0 Å². The topological polar surface area (TPSA) is 0 Å². The molecule has 0 aliphatic heterocycles. The maximum atomic E-state index is 14.1. The summed E-state index contributed by atoms with van der Waals surface area (Å²) >= 11 is 4.09. The standard InChI is InChI=1S/C26H25F29S/c1-12(56)10-8-6-4-2-3-5-7-9-11-13(27,28)14(29,30)15(31,32)16(33,34)17(35,36)18(37,38)19(39,40)20(41,42)21(43,44)22(45,46)23(47,48)24(49,50)25(51,52)26(53,54)55/h12,56H,2-11H2,1H3. The zero-order chi connectivity index (χ0) is 45.6. The minimum atomic E-state index is -9.91. The van der Waals surface area contributed by atoms with Crippen molar-refractivity contribution in [3.63, 3.8) is 0 Å². The van der Waals surface area contributed by atoms with E-state index in [1.165, 1.54) is 0 Å². The van der Waals surface area contributed by atoms with Crippen LogP contribution in [0.2, 0.25) is 0 Å². The van der Waals surface area contributed by atoms with Crippen molar-refractivity contribution in [1.29, 1.82) is 0 Å². The number of hydrogen-bond donors (Lipinski definition) is 1. The van der Waals surface area contributed by atoms with Crippen LogP contribution in [0.1, 0.15) is 71.1 Å². The predicted molar refractivity (Wildman–Crippen MR) is 135 cm³/mol. The van der Waals surface area contributed by atoms with Crippen LogP contribution >= 0.6 is 12.6 Å². The van der Waals surface area contributed by atoms with Gasteiger partial charge in [-0.05, 0) is 18.1 Å². The van der Waals surface area contributed by atoms with E-state index in [1.54, 1.807) is 6.92 Å². The maximum absolute atomic E-state index is 14.1. The van der Waals surface area contributed by atoms with E-state index < -0.39 is 102 Å². The number of unbranched alkanes of at least 4 members (excludes halogenated alkanes) is 7. The molecule has 0 aromatic heterocycles. The van der Waals surface area contributed by atoms with E-state index in [4.69, 9.17) is 0 Å². The third kappa shape index (κ3) is 8.24. The number of thiol groups is 1. The summed E-state index contributed by atoms with van der Waals surface area (Å²) in [6.45, 7) is 1.76. The molecule has 0 radical (unpaired) electrons. The molecule has 56 heavy (non-hydrogen) atoms. The van der Waals surface area contributed by atoms with E-state index in [0.717, 1.165) is 0 Å². The number of rotatable bonds is 23. The highest BCUT2D eigenvalue weighted by atomic mass is 32.1. The van der Waals surface area contributed by atoms with Gasteiger partial charge in [-0.15, -0.1) is 0 Å². The third-order valence-corrected chi connectivity index (χ3v) is 8.27. The molecule has 0 bridgehead atoms. The summed E-state index contributed by atoms with van der Waals surface area (Å²) in [5.41, 5.74) is 0. The average Bonchev–Trinajstić information content (AvgIpc) is 2.99. The normalized spacial score (nSPS) is 16.8. The molecule has 0 nitrogen and oxygen atoms in total. The van der Waals surface area contributed by atoms with Gasteiger partial charge in [-0.3, -0.25) is 0 Å². The highest BCUT2D eigenvalue weighted by molar-refractivity contribution is 7.80. The Morgan fingerprint density at radius 1 is 0.286 bits per heavy atom. The molecule has 0 heterocycles. The molecule has 30 heteroatoms. The van der Waals surface area contributed by atoms with Crippen LogP contribution in [-0.2, 0) is 0 Å². The Balaban J connectivity index is 6.74. The summed E-state index contributed by atoms with van der Waals surface area (Å²) < 4.78 is 395. The molecule has 0 saturated heterocycles. The van der Waals surface area contributed by atoms with Gasteiger partial charge < -0.3 is 0 Å². The number of halogens is 29. The molecule has 1 unspecified atom stereocenters. The van der Waals surface area contributed by atoms with Crippen LogP contribution in [0, 0.1) is 0 Å². The van der Waals surface area contributed by atoms with Crippen LogP contribution < -0.4 is 0 Å². The molecular formula is C26H25F29S. The van der Waals surface area contributed by atoms with Gasteiger partial charge in [0.15, 0.2) is 0 Å². The first kappa shape index (κ1) is 54.3. The van der Waals surface area contributed by atoms with Gasteiger partial charge in [0.05, 0.1) is 0 Å². The summed E-state index contributed by atoms with van der Waals surface area (Å²) in [6, 6.07) is 0. The van der Waals surface area contributed by atoms with Gasteiger partial charge in [-0.25, -0.2) is 0 Å². The maximum Gasteiger partial charge on any atom is 0.460 e. The van der Waals surface area contributed by atoms with E-state index >= 15 is 0 Å². The van der Waals surface area contributed by atoms with Crippen molar-refractivity contribution in [2.45, 2.75) is 160 Å². The largest absolute Gasteiger partial charge is 0.460 e. The second-order valence-electron chi connectivity index (χ2n) is 12.3. The molecule has 1 atom stereocenters. The highest BCUT2D eigenvalue weighted by Gasteiger charge is 3.00. The zero-order valence-corrected chi connectivity index (χ0v) is 28.0. The van der Waals surface area contributed by atoms with E-state index in [9.17, 15) is 127 Å². The van der Waals surface area contributed by atoms with E-state index in [-0.39, 0.29) is 18.1 Å². The van der Waals surface area contributed by atoms with Crippen molar-refractivity contribution in [3.05, 3.63) is 0 Å². The first-order chi connectivity index (χ1) is 24.2. The minimum Gasteiger partial charge on any atom is -0.200 e. The van der Waals surface area contributed by atoms with Crippen molar-refractivity contribution in [3.8, 4) is 0 Å². The summed E-state index contributed by atoms with van der Waals surface area (Å²) in [4.78, 5) is 0. The van der Waals surface area contributed by atoms with Gasteiger partial charge in [-0.2, -0.15) is 140 Å². The van der Waals surface area contributed by atoms with Gasteiger partial charge in [0.1, 0.15) is 0 Å². The molecule has 0 aliphatic rings. The predicted octanol–water partition coefficient (Wildman–Crippen LogP) is 14.0. The molecule has 0 rings (SSSR count). The van der Waals surface area contributed by atoms with Crippen LogP contribution in [0.15, 0.2) is 0 Å². The molecule has 338 valence electrons. The third-order valence-electron chi connectivity index (χ3n) is 8.02. The van der Waals surface area contributed by atoms with E-state index in [2.05, 4.69) is 12.6 Å². The Morgan fingerprint density at radius 2 is 0.482 bits per heavy atom. The Labute approximate surface area is 300 Å². The Hall–Kier alpha value is -1.68. The Morgan fingerprint density at radius 3 is 0.714 bits per heavy atom. The van der Waals surface area contributed by atoms with Crippen LogP contribution in [0.4, 0.5) is 127 Å². The molecule has 0 N–H and O–H groups in total. The van der Waals surface area contributed by atoms with Crippen molar-refractivity contribution < 1.29 is 127 Å². The first-order valence-electron chi connectivity index (χ1n) is 14.8. The lowest BCUT2D eigenvalue weighted by Gasteiger charge is -2.46. The zero-order valence-electron chi connectivity index (χ0n) is 27.1. The summed E-state index contributed by atoms with van der Waals surface area (Å²) in [6.07, 6.45) is -10.3. The van der Waals surface area contributed by atoms with Crippen molar-refractivity contribution in [1.82, 2.24) is 0 Å². The fraction of sp³-hybridized carbons (Fsp3) is 1.00. The van der Waals surface area contributed by atoms with Gasteiger partial charge >= 0.3 is 83.2 Å². The fourth-order valence-electron chi connectivity index (χ4n) is 4.38.